The first kappa shape index (κ1) is 51.6. The highest BCUT2D eigenvalue weighted by Gasteiger charge is 2.67. The second-order valence-electron chi connectivity index (χ2n) is 19.9. The number of carbonyl (C=O) groups is 8. The molecule has 3 fully saturated rings. The van der Waals surface area contributed by atoms with Crippen molar-refractivity contribution in [1.82, 2.24) is 5.32 Å². The number of aromatic hydroxyl groups is 1. The summed E-state index contributed by atoms with van der Waals surface area (Å²) >= 11 is 0. The molecule has 1 saturated heterocycles. The van der Waals surface area contributed by atoms with Gasteiger partial charge < -0.3 is 34.7 Å². The van der Waals surface area contributed by atoms with E-state index in [1.54, 1.807) is 6.92 Å². The summed E-state index contributed by atoms with van der Waals surface area (Å²) in [6.45, 7) is 18.3. The van der Waals surface area contributed by atoms with E-state index in [4.69, 9.17) is 18.9 Å². The maximum Gasteiger partial charge on any atom is 0.332 e. The number of anilines is 1. The number of esters is 4. The summed E-state index contributed by atoms with van der Waals surface area (Å²) in [5, 5.41) is 15.1. The van der Waals surface area contributed by atoms with Crippen molar-refractivity contribution in [2.24, 2.45) is 40.4 Å². The molecule has 1 aromatic rings. The third-order valence-corrected chi connectivity index (χ3v) is 15.1. The lowest BCUT2D eigenvalue weighted by atomic mass is 9.47. The van der Waals surface area contributed by atoms with Crippen LogP contribution in [0.5, 0.6) is 5.75 Å². The average molecular weight is 919 g/mol. The average Bonchev–Trinajstić information content (AvgIpc) is 3.55. The first-order valence-corrected chi connectivity index (χ1v) is 23.6. The minimum atomic E-state index is -1.42. The van der Waals surface area contributed by atoms with Gasteiger partial charge in [-0.15, -0.1) is 0 Å². The number of nitrogens with one attached hydrogen (secondary N) is 2. The van der Waals surface area contributed by atoms with Crippen LogP contribution in [0, 0.1) is 40.4 Å². The Kier molecular flexibility index (Phi) is 16.5. The Balaban J connectivity index is 0.000000258. The number of ether oxygens (including phenoxy) is 4. The first-order chi connectivity index (χ1) is 31.0. The Labute approximate surface area is 388 Å². The van der Waals surface area contributed by atoms with Crippen molar-refractivity contribution in [2.45, 2.75) is 170 Å². The number of carbonyl (C=O) groups excluding carboxylic acids is 8. The van der Waals surface area contributed by atoms with Crippen LogP contribution < -0.4 is 10.6 Å². The molecule has 5 aliphatic rings. The van der Waals surface area contributed by atoms with Crippen molar-refractivity contribution in [3.63, 3.8) is 0 Å². The molecule has 2 amide bonds. The number of amides is 2. The van der Waals surface area contributed by atoms with Crippen LogP contribution in [0.4, 0.5) is 5.69 Å². The topological polar surface area (TPSA) is 218 Å². The van der Waals surface area contributed by atoms with Gasteiger partial charge in [0.25, 0.3) is 5.91 Å². The van der Waals surface area contributed by atoms with Crippen molar-refractivity contribution in [3.05, 3.63) is 47.1 Å². The van der Waals surface area contributed by atoms with Gasteiger partial charge in [0.1, 0.15) is 12.2 Å². The molecule has 11 unspecified atom stereocenters. The number of phenolic OH excluding ortho intramolecular Hbond substituents is 1. The van der Waals surface area contributed by atoms with Crippen molar-refractivity contribution in [2.75, 3.05) is 5.32 Å². The maximum absolute atomic E-state index is 13.3. The number of Topliss-reactive ketones (excluding diaryl/α,β-unsaturated/α-hetero) is 1. The van der Waals surface area contributed by atoms with E-state index >= 15 is 0 Å². The number of ketones is 2. The Hall–Kier alpha value is -5.34. The van der Waals surface area contributed by atoms with E-state index in [2.05, 4.69) is 37.5 Å². The van der Waals surface area contributed by atoms with Crippen molar-refractivity contribution in [3.8, 4) is 5.75 Å². The van der Waals surface area contributed by atoms with Gasteiger partial charge in [0, 0.05) is 25.2 Å². The third-order valence-electron chi connectivity index (χ3n) is 15.1. The van der Waals surface area contributed by atoms with Gasteiger partial charge >= 0.3 is 23.9 Å². The lowest BCUT2D eigenvalue weighted by Gasteiger charge is -2.58. The van der Waals surface area contributed by atoms with E-state index in [-0.39, 0.29) is 52.0 Å². The standard InChI is InChI=1S/C27H38N2O9.C24H32O4/c1-6-7-8-10-19-24(38-21(31)13-15(2)3)17(5)37-27(35)22(16(4)36-26(19)34)29-25(33)18-11-9-12-20(23(18)32)28-14-30;1-14-12-18-19(22(4)9-6-17(27)13-21(14)22)7-10-23(5)20(18)8-11-24(23,15(2)25)28-16(3)26/h9,11-12,14-17,19,22,24,32H,6-8,10,13H2,1-5H3,(H,28,30)(H,29,33);12-13,18-20H,6-11H2,1-5H3. The number of allylic oxidation sites excluding steroid dienone is 4. The molecule has 1 heterocycles. The van der Waals surface area contributed by atoms with Gasteiger partial charge in [0.05, 0.1) is 17.2 Å². The molecule has 15 nitrogen and oxygen atoms in total. The largest absolute Gasteiger partial charge is 0.505 e. The van der Waals surface area contributed by atoms with Gasteiger partial charge in [-0.2, -0.15) is 0 Å². The number of hydrogen-bond acceptors (Lipinski definition) is 13. The Morgan fingerprint density at radius 3 is 2.27 bits per heavy atom. The van der Waals surface area contributed by atoms with E-state index in [9.17, 15) is 43.5 Å². The predicted octanol–water partition coefficient (Wildman–Crippen LogP) is 7.67. The predicted molar refractivity (Wildman–Crippen MR) is 244 cm³/mol. The zero-order valence-corrected chi connectivity index (χ0v) is 40.3. The van der Waals surface area contributed by atoms with Crippen LogP contribution in [0.2, 0.25) is 0 Å². The minimum absolute atomic E-state index is 0.00114. The maximum atomic E-state index is 13.3. The molecule has 15 heteroatoms. The number of para-hydroxylation sites is 1. The molecule has 362 valence electrons. The molecule has 66 heavy (non-hydrogen) atoms. The van der Waals surface area contributed by atoms with E-state index in [1.807, 2.05) is 26.8 Å². The van der Waals surface area contributed by atoms with Crippen LogP contribution in [0.25, 0.3) is 0 Å². The molecule has 0 bridgehead atoms. The molecule has 0 spiro atoms. The van der Waals surface area contributed by atoms with Gasteiger partial charge in [-0.1, -0.05) is 71.6 Å². The van der Waals surface area contributed by atoms with Crippen LogP contribution in [-0.2, 0) is 52.5 Å². The smallest absolute Gasteiger partial charge is 0.332 e. The number of benzene rings is 1. The fourth-order valence-corrected chi connectivity index (χ4v) is 11.7. The Morgan fingerprint density at radius 2 is 1.64 bits per heavy atom. The molecular formula is C51H70N2O13. The zero-order valence-electron chi connectivity index (χ0n) is 40.3. The SMILES string of the molecule is CC(=O)OC1(C(C)=O)CCC2C3C=C(C)C4=CC(=O)CCC4(C)C3CCC21C.CCCCCC1C(=O)OC(C)C(NC(=O)c2cccc(NC=O)c2O)C(=O)OC(C)C1OC(=O)CC(C)C. The van der Waals surface area contributed by atoms with Gasteiger partial charge in [-0.3, -0.25) is 33.6 Å². The number of phenols is 1. The number of hydrogen-bond donors (Lipinski definition) is 3. The lowest BCUT2D eigenvalue weighted by molar-refractivity contribution is -0.185. The van der Waals surface area contributed by atoms with E-state index < -0.39 is 65.4 Å². The van der Waals surface area contributed by atoms with Gasteiger partial charge in [-0.05, 0) is 119 Å². The Morgan fingerprint density at radius 1 is 0.955 bits per heavy atom. The minimum Gasteiger partial charge on any atom is -0.505 e. The summed E-state index contributed by atoms with van der Waals surface area (Å²) in [5.74, 6) is -3.25. The highest BCUT2D eigenvalue weighted by molar-refractivity contribution is 6.01. The fraction of sp³-hybridized carbons (Fsp3) is 0.647. The summed E-state index contributed by atoms with van der Waals surface area (Å²) in [6, 6.07) is 2.71. The number of fused-ring (bicyclic) bond motifs is 5. The molecule has 3 N–H and O–H groups in total. The summed E-state index contributed by atoms with van der Waals surface area (Å²) in [4.78, 5) is 99.5. The van der Waals surface area contributed by atoms with E-state index in [1.165, 1.54) is 50.1 Å². The molecule has 0 radical (unpaired) electrons. The summed E-state index contributed by atoms with van der Waals surface area (Å²) in [7, 11) is 0. The van der Waals surface area contributed by atoms with E-state index in [0.717, 1.165) is 38.5 Å². The fourth-order valence-electron chi connectivity index (χ4n) is 11.7. The highest BCUT2D eigenvalue weighted by Crippen LogP contribution is 2.68. The number of rotatable bonds is 13. The van der Waals surface area contributed by atoms with E-state index in [0.29, 0.717) is 49.8 Å². The van der Waals surface area contributed by atoms with Gasteiger partial charge in [0.2, 0.25) is 6.41 Å². The molecule has 4 aliphatic carbocycles. The molecule has 6 rings (SSSR count). The van der Waals surface area contributed by atoms with Crippen LogP contribution in [0.15, 0.2) is 41.5 Å². The Bertz CT molecular complexity index is 2130. The van der Waals surface area contributed by atoms with Crippen LogP contribution >= 0.6 is 0 Å². The zero-order chi connectivity index (χ0) is 48.9. The lowest BCUT2D eigenvalue weighted by Crippen LogP contribution is -2.58. The number of cyclic esters (lactones) is 2. The molecule has 1 aliphatic heterocycles. The molecule has 1 aromatic carbocycles. The van der Waals surface area contributed by atoms with Crippen molar-refractivity contribution < 1.29 is 62.4 Å². The molecular weight excluding hydrogens is 849 g/mol. The van der Waals surface area contributed by atoms with Crippen molar-refractivity contribution in [1.29, 1.82) is 0 Å². The summed E-state index contributed by atoms with van der Waals surface area (Å²) in [5.41, 5.74) is 0.938. The highest BCUT2D eigenvalue weighted by atomic mass is 16.6. The normalized spacial score (nSPS) is 32.6. The van der Waals surface area contributed by atoms with Gasteiger partial charge in [-0.25, -0.2) is 4.79 Å². The molecule has 0 aromatic heterocycles. The quantitative estimate of drug-likeness (QED) is 0.0570. The van der Waals surface area contributed by atoms with Crippen LogP contribution in [0.1, 0.15) is 150 Å². The van der Waals surface area contributed by atoms with Crippen molar-refractivity contribution >= 4 is 53.4 Å². The third kappa shape index (κ3) is 10.4. The van der Waals surface area contributed by atoms with Crippen LogP contribution in [0.3, 0.4) is 0 Å². The van der Waals surface area contributed by atoms with Gasteiger partial charge in [0.15, 0.2) is 35.1 Å². The second kappa shape index (κ2) is 21.1. The first-order valence-electron chi connectivity index (χ1n) is 23.6. The molecule has 11 atom stereocenters. The second-order valence-corrected chi connectivity index (χ2v) is 19.9. The molecule has 2 saturated carbocycles. The number of unbranched alkanes of at least 4 members (excludes halogenated alkanes) is 2. The van der Waals surface area contributed by atoms with Crippen LogP contribution in [-0.4, -0.2) is 82.8 Å². The summed E-state index contributed by atoms with van der Waals surface area (Å²) < 4.78 is 22.7. The monoisotopic (exact) mass is 918 g/mol. The summed E-state index contributed by atoms with van der Waals surface area (Å²) in [6.07, 6.45) is 9.26.